The summed E-state index contributed by atoms with van der Waals surface area (Å²) < 4.78 is 13.8. The minimum Gasteiger partial charge on any atom is -0.346 e. The Labute approximate surface area is 114 Å². The Kier molecular flexibility index (Phi) is 4.16. The lowest BCUT2D eigenvalue weighted by atomic mass is 10.2. The van der Waals surface area contributed by atoms with Crippen molar-refractivity contribution in [3.05, 3.63) is 47.4 Å². The molecule has 0 aliphatic carbocycles. The predicted octanol–water partition coefficient (Wildman–Crippen LogP) is 0.535. The number of rotatable bonds is 4. The standard InChI is InChI=1S/C12H13FN6O/c1-7-15-4-2-8(18-7)6-17-12(20)9-3-5-16-11(19-14)10(9)13/h2-5H,6,14H2,1H3,(H,16,19)(H,17,20). The van der Waals surface area contributed by atoms with E-state index in [4.69, 9.17) is 5.84 Å². The van der Waals surface area contributed by atoms with Crippen LogP contribution in [0, 0.1) is 12.7 Å². The van der Waals surface area contributed by atoms with E-state index in [9.17, 15) is 9.18 Å². The van der Waals surface area contributed by atoms with Crippen molar-refractivity contribution in [3.8, 4) is 0 Å². The Morgan fingerprint density at radius 1 is 1.35 bits per heavy atom. The first-order valence-corrected chi connectivity index (χ1v) is 5.79. The molecule has 2 rings (SSSR count). The van der Waals surface area contributed by atoms with Gasteiger partial charge in [0.05, 0.1) is 17.8 Å². The predicted molar refractivity (Wildman–Crippen MR) is 69.9 cm³/mol. The molecule has 2 aromatic rings. The first-order valence-electron chi connectivity index (χ1n) is 5.79. The van der Waals surface area contributed by atoms with Gasteiger partial charge in [0, 0.05) is 12.4 Å². The van der Waals surface area contributed by atoms with E-state index in [-0.39, 0.29) is 17.9 Å². The molecule has 0 aliphatic heterocycles. The zero-order valence-electron chi connectivity index (χ0n) is 10.7. The lowest BCUT2D eigenvalue weighted by Crippen LogP contribution is -2.25. The van der Waals surface area contributed by atoms with Crippen LogP contribution in [-0.2, 0) is 6.54 Å². The van der Waals surface area contributed by atoms with Gasteiger partial charge in [0.2, 0.25) is 0 Å². The van der Waals surface area contributed by atoms with Crippen LogP contribution in [-0.4, -0.2) is 20.9 Å². The molecule has 0 spiro atoms. The second kappa shape index (κ2) is 6.02. The van der Waals surface area contributed by atoms with Gasteiger partial charge in [-0.3, -0.25) is 4.79 Å². The van der Waals surface area contributed by atoms with Gasteiger partial charge in [-0.1, -0.05) is 0 Å². The van der Waals surface area contributed by atoms with Gasteiger partial charge in [0.1, 0.15) is 5.82 Å². The van der Waals surface area contributed by atoms with E-state index in [0.717, 1.165) is 0 Å². The maximum atomic E-state index is 13.8. The molecule has 1 amide bonds. The Morgan fingerprint density at radius 2 is 2.10 bits per heavy atom. The largest absolute Gasteiger partial charge is 0.346 e. The highest BCUT2D eigenvalue weighted by atomic mass is 19.1. The number of nitrogens with one attached hydrogen (secondary N) is 2. The van der Waals surface area contributed by atoms with Crippen molar-refractivity contribution < 1.29 is 9.18 Å². The summed E-state index contributed by atoms with van der Waals surface area (Å²) in [5.41, 5.74) is 2.58. The topological polar surface area (TPSA) is 106 Å². The van der Waals surface area contributed by atoms with Gasteiger partial charge in [-0.2, -0.15) is 0 Å². The summed E-state index contributed by atoms with van der Waals surface area (Å²) in [6, 6.07) is 2.94. The molecular formula is C12H13FN6O. The number of hydrogen-bond donors (Lipinski definition) is 3. The molecule has 0 atom stereocenters. The maximum absolute atomic E-state index is 13.8. The zero-order chi connectivity index (χ0) is 14.5. The lowest BCUT2D eigenvalue weighted by Gasteiger charge is -2.08. The Bertz CT molecular complexity index is 633. The summed E-state index contributed by atoms with van der Waals surface area (Å²) in [5, 5.41) is 2.57. The van der Waals surface area contributed by atoms with Crippen molar-refractivity contribution in [3.63, 3.8) is 0 Å². The number of carbonyl (C=O) groups excluding carboxylic acids is 1. The summed E-state index contributed by atoms with van der Waals surface area (Å²) in [6.07, 6.45) is 2.88. The number of aryl methyl sites for hydroxylation is 1. The molecule has 0 radical (unpaired) electrons. The van der Waals surface area contributed by atoms with Gasteiger partial charge in [0.25, 0.3) is 5.91 Å². The van der Waals surface area contributed by atoms with Gasteiger partial charge in [-0.05, 0) is 19.1 Å². The summed E-state index contributed by atoms with van der Waals surface area (Å²) in [7, 11) is 0. The average molecular weight is 276 g/mol. The van der Waals surface area contributed by atoms with Crippen LogP contribution >= 0.6 is 0 Å². The van der Waals surface area contributed by atoms with E-state index in [0.29, 0.717) is 11.5 Å². The molecule has 0 unspecified atom stereocenters. The van der Waals surface area contributed by atoms with E-state index in [2.05, 4.69) is 25.7 Å². The first-order chi connectivity index (χ1) is 9.61. The number of nitrogens with zero attached hydrogens (tertiary/aromatic N) is 3. The molecule has 0 aromatic carbocycles. The lowest BCUT2D eigenvalue weighted by molar-refractivity contribution is 0.0946. The highest BCUT2D eigenvalue weighted by Gasteiger charge is 2.15. The smallest absolute Gasteiger partial charge is 0.254 e. The highest BCUT2D eigenvalue weighted by Crippen LogP contribution is 2.13. The number of hydrazine groups is 1. The average Bonchev–Trinajstić information content (AvgIpc) is 2.45. The number of halogens is 1. The van der Waals surface area contributed by atoms with Crippen LogP contribution in [0.4, 0.5) is 10.2 Å². The Balaban J connectivity index is 2.09. The van der Waals surface area contributed by atoms with Crippen LogP contribution < -0.4 is 16.6 Å². The zero-order valence-corrected chi connectivity index (χ0v) is 10.7. The van der Waals surface area contributed by atoms with Crippen molar-refractivity contribution in [2.45, 2.75) is 13.5 Å². The fourth-order valence-corrected chi connectivity index (χ4v) is 1.59. The molecule has 8 heteroatoms. The third kappa shape index (κ3) is 3.04. The van der Waals surface area contributed by atoms with Crippen molar-refractivity contribution >= 4 is 11.7 Å². The van der Waals surface area contributed by atoms with E-state index >= 15 is 0 Å². The van der Waals surface area contributed by atoms with Gasteiger partial charge in [0.15, 0.2) is 11.6 Å². The van der Waals surface area contributed by atoms with Crippen LogP contribution in [0.3, 0.4) is 0 Å². The molecule has 4 N–H and O–H groups in total. The second-order valence-electron chi connectivity index (χ2n) is 3.94. The number of aromatic nitrogens is 3. The van der Waals surface area contributed by atoms with Crippen LogP contribution in [0.25, 0.3) is 0 Å². The number of nitrogens with two attached hydrogens (primary N) is 1. The van der Waals surface area contributed by atoms with E-state index < -0.39 is 11.7 Å². The summed E-state index contributed by atoms with van der Waals surface area (Å²) in [6.45, 7) is 1.92. The Morgan fingerprint density at radius 3 is 2.80 bits per heavy atom. The first kappa shape index (κ1) is 13.8. The van der Waals surface area contributed by atoms with Gasteiger partial charge in [-0.25, -0.2) is 25.2 Å². The summed E-state index contributed by atoms with van der Waals surface area (Å²) in [5.74, 6) is 4.14. The molecule has 7 nitrogen and oxygen atoms in total. The molecule has 0 fully saturated rings. The van der Waals surface area contributed by atoms with Crippen molar-refractivity contribution in [2.24, 2.45) is 5.84 Å². The molecule has 0 saturated carbocycles. The van der Waals surface area contributed by atoms with Crippen molar-refractivity contribution in [1.29, 1.82) is 0 Å². The molecule has 104 valence electrons. The van der Waals surface area contributed by atoms with Crippen LogP contribution in [0.2, 0.25) is 0 Å². The molecule has 0 saturated heterocycles. The number of carbonyl (C=O) groups is 1. The minimum atomic E-state index is -0.800. The number of hydrogen-bond acceptors (Lipinski definition) is 6. The third-order valence-electron chi connectivity index (χ3n) is 2.53. The van der Waals surface area contributed by atoms with E-state index in [1.807, 2.05) is 0 Å². The van der Waals surface area contributed by atoms with Crippen LogP contribution in [0.15, 0.2) is 24.5 Å². The minimum absolute atomic E-state index is 0.140. The molecule has 0 bridgehead atoms. The monoisotopic (exact) mass is 276 g/mol. The second-order valence-corrected chi connectivity index (χ2v) is 3.94. The van der Waals surface area contributed by atoms with E-state index in [1.54, 1.807) is 19.2 Å². The maximum Gasteiger partial charge on any atom is 0.254 e. The van der Waals surface area contributed by atoms with Gasteiger partial charge >= 0.3 is 0 Å². The molecule has 0 aliphatic rings. The van der Waals surface area contributed by atoms with Crippen LogP contribution in [0.5, 0.6) is 0 Å². The molecule has 20 heavy (non-hydrogen) atoms. The fraction of sp³-hybridized carbons (Fsp3) is 0.167. The SMILES string of the molecule is Cc1nccc(CNC(=O)c2ccnc(NN)c2F)n1. The summed E-state index contributed by atoms with van der Waals surface area (Å²) >= 11 is 0. The number of amides is 1. The van der Waals surface area contributed by atoms with Crippen LogP contribution in [0.1, 0.15) is 21.9 Å². The number of nitrogen functional groups attached to an aromatic ring is 1. The molecule has 2 aromatic heterocycles. The van der Waals surface area contributed by atoms with Gasteiger partial charge in [-0.15, -0.1) is 0 Å². The number of anilines is 1. The van der Waals surface area contributed by atoms with Gasteiger partial charge < -0.3 is 10.7 Å². The highest BCUT2D eigenvalue weighted by molar-refractivity contribution is 5.95. The number of pyridine rings is 1. The van der Waals surface area contributed by atoms with E-state index in [1.165, 1.54) is 12.3 Å². The van der Waals surface area contributed by atoms with Crippen molar-refractivity contribution in [1.82, 2.24) is 20.3 Å². The Hall–Kier alpha value is -2.61. The van der Waals surface area contributed by atoms with Crippen molar-refractivity contribution in [2.75, 3.05) is 5.43 Å². The summed E-state index contributed by atoms with van der Waals surface area (Å²) in [4.78, 5) is 23.6. The quantitative estimate of drug-likeness (QED) is 0.556. The molecular weight excluding hydrogens is 263 g/mol. The third-order valence-corrected chi connectivity index (χ3v) is 2.53. The normalized spacial score (nSPS) is 10.2. The fourth-order valence-electron chi connectivity index (χ4n) is 1.59. The molecule has 2 heterocycles.